The maximum absolute atomic E-state index is 12.6. The topological polar surface area (TPSA) is 78.9 Å². The lowest BCUT2D eigenvalue weighted by Crippen LogP contribution is -2.54. The second-order valence-electron chi connectivity index (χ2n) is 9.22. The number of ether oxygens (including phenoxy) is 1. The minimum absolute atomic E-state index is 0.0199. The Hall–Kier alpha value is -1.92. The molecule has 6 nitrogen and oxygen atoms in total. The molecule has 2 saturated heterocycles. The van der Waals surface area contributed by atoms with E-state index in [9.17, 15) is 14.7 Å². The summed E-state index contributed by atoms with van der Waals surface area (Å²) in [4.78, 5) is 26.7. The van der Waals surface area contributed by atoms with E-state index in [0.717, 1.165) is 31.4 Å². The highest BCUT2D eigenvalue weighted by Gasteiger charge is 2.44. The van der Waals surface area contributed by atoms with Gasteiger partial charge in [-0.05, 0) is 68.7 Å². The van der Waals surface area contributed by atoms with Crippen molar-refractivity contribution < 1.29 is 19.4 Å². The molecule has 6 heteroatoms. The van der Waals surface area contributed by atoms with Crippen LogP contribution in [0, 0.1) is 0 Å². The van der Waals surface area contributed by atoms with Crippen molar-refractivity contribution in [3.8, 4) is 0 Å². The van der Waals surface area contributed by atoms with E-state index in [1.54, 1.807) is 0 Å². The molecule has 1 unspecified atom stereocenters. The van der Waals surface area contributed by atoms with Crippen molar-refractivity contribution in [1.82, 2.24) is 4.90 Å². The van der Waals surface area contributed by atoms with Gasteiger partial charge in [-0.15, -0.1) is 0 Å². The molecule has 0 aromatic heterocycles. The zero-order chi connectivity index (χ0) is 20.5. The zero-order valence-electron chi connectivity index (χ0n) is 17.3. The fourth-order valence-electron chi connectivity index (χ4n) is 5.06. The molecule has 1 aromatic rings. The summed E-state index contributed by atoms with van der Waals surface area (Å²) in [5, 5.41) is 13.3. The predicted molar refractivity (Wildman–Crippen MR) is 111 cm³/mol. The number of anilines is 1. The molecule has 2 heterocycles. The Bertz CT molecular complexity index is 781. The lowest BCUT2D eigenvalue weighted by Gasteiger charge is -2.48. The molecule has 1 aromatic carbocycles. The zero-order valence-corrected chi connectivity index (χ0v) is 17.3. The van der Waals surface area contributed by atoms with Gasteiger partial charge in [-0.1, -0.05) is 6.07 Å². The molecule has 2 aliphatic heterocycles. The highest BCUT2D eigenvalue weighted by atomic mass is 16.5. The van der Waals surface area contributed by atoms with Gasteiger partial charge in [0.25, 0.3) is 0 Å². The maximum atomic E-state index is 12.6. The third-order valence-corrected chi connectivity index (χ3v) is 6.73. The second-order valence-corrected chi connectivity index (χ2v) is 9.22. The van der Waals surface area contributed by atoms with Crippen LogP contribution in [0.5, 0.6) is 0 Å². The minimum atomic E-state index is -0.680. The van der Waals surface area contributed by atoms with Crippen molar-refractivity contribution in [1.29, 1.82) is 0 Å². The van der Waals surface area contributed by atoms with Crippen LogP contribution in [0.4, 0.5) is 5.69 Å². The van der Waals surface area contributed by atoms with Gasteiger partial charge in [0.1, 0.15) is 0 Å². The van der Waals surface area contributed by atoms with Crippen LogP contribution < -0.4 is 5.32 Å². The van der Waals surface area contributed by atoms with Gasteiger partial charge in [0.15, 0.2) is 0 Å². The van der Waals surface area contributed by atoms with Gasteiger partial charge in [0, 0.05) is 38.0 Å². The van der Waals surface area contributed by atoms with Crippen LogP contribution in [0.15, 0.2) is 18.2 Å². The van der Waals surface area contributed by atoms with Crippen LogP contribution in [0.25, 0.3) is 0 Å². The lowest BCUT2D eigenvalue weighted by molar-refractivity contribution is -0.175. The molecule has 2 fully saturated rings. The van der Waals surface area contributed by atoms with Crippen molar-refractivity contribution in [3.05, 3.63) is 29.3 Å². The van der Waals surface area contributed by atoms with E-state index in [-0.39, 0.29) is 30.3 Å². The Morgan fingerprint density at radius 2 is 1.90 bits per heavy atom. The molecular weight excluding hydrogens is 368 g/mol. The average Bonchev–Trinajstić information content (AvgIpc) is 3.13. The van der Waals surface area contributed by atoms with Crippen LogP contribution in [-0.4, -0.2) is 52.7 Å². The summed E-state index contributed by atoms with van der Waals surface area (Å²) in [6.07, 6.45) is 6.59. The van der Waals surface area contributed by atoms with Gasteiger partial charge >= 0.3 is 0 Å². The molecule has 2 N–H and O–H groups in total. The van der Waals surface area contributed by atoms with Crippen molar-refractivity contribution in [2.24, 2.45) is 0 Å². The van der Waals surface area contributed by atoms with Gasteiger partial charge in [-0.25, -0.2) is 0 Å². The Morgan fingerprint density at radius 1 is 1.14 bits per heavy atom. The highest BCUT2D eigenvalue weighted by Crippen LogP contribution is 2.39. The highest BCUT2D eigenvalue weighted by molar-refractivity contribution is 5.93. The number of amides is 2. The third kappa shape index (κ3) is 4.81. The summed E-state index contributed by atoms with van der Waals surface area (Å²) in [6, 6.07) is 6.11. The number of carbonyl (C=O) groups is 2. The first kappa shape index (κ1) is 20.4. The summed E-state index contributed by atoms with van der Waals surface area (Å²) in [7, 11) is 0. The van der Waals surface area contributed by atoms with E-state index in [1.165, 1.54) is 17.5 Å². The van der Waals surface area contributed by atoms with E-state index in [0.29, 0.717) is 32.5 Å². The number of likely N-dealkylation sites (tertiary alicyclic amines) is 1. The van der Waals surface area contributed by atoms with Gasteiger partial charge in [0.2, 0.25) is 11.8 Å². The van der Waals surface area contributed by atoms with Gasteiger partial charge in [-0.3, -0.25) is 9.59 Å². The number of aliphatic hydroxyl groups is 1. The summed E-state index contributed by atoms with van der Waals surface area (Å²) < 4.78 is 6.00. The van der Waals surface area contributed by atoms with E-state index in [2.05, 4.69) is 17.4 Å². The number of carbonyl (C=O) groups excluding carboxylic acids is 2. The van der Waals surface area contributed by atoms with E-state index in [1.807, 2.05) is 17.9 Å². The van der Waals surface area contributed by atoms with Crippen LogP contribution >= 0.6 is 0 Å². The molecular formula is C23H32N2O4. The summed E-state index contributed by atoms with van der Waals surface area (Å²) >= 11 is 0. The molecule has 1 atom stereocenters. The Balaban J connectivity index is 1.22. The third-order valence-electron chi connectivity index (χ3n) is 6.73. The first-order valence-corrected chi connectivity index (χ1v) is 10.9. The van der Waals surface area contributed by atoms with Crippen LogP contribution in [0.1, 0.15) is 63.0 Å². The number of piperidine rings is 1. The Morgan fingerprint density at radius 3 is 2.66 bits per heavy atom. The molecule has 2 amide bonds. The minimum Gasteiger partial charge on any atom is -0.390 e. The van der Waals surface area contributed by atoms with Gasteiger partial charge in [-0.2, -0.15) is 0 Å². The SMILES string of the molecule is CC1(O)CCOC2(CCN(C(=O)CCC(=O)Nc3ccc4c(c3)CCC4)CC2)C1. The van der Waals surface area contributed by atoms with E-state index in [4.69, 9.17) is 4.74 Å². The number of hydrogen-bond acceptors (Lipinski definition) is 4. The molecule has 29 heavy (non-hydrogen) atoms. The number of rotatable bonds is 4. The van der Waals surface area contributed by atoms with Crippen molar-refractivity contribution in [3.63, 3.8) is 0 Å². The largest absolute Gasteiger partial charge is 0.390 e. The summed E-state index contributed by atoms with van der Waals surface area (Å²) in [5.41, 5.74) is 2.54. The normalized spacial score (nSPS) is 25.7. The first-order chi connectivity index (χ1) is 13.8. The average molecular weight is 401 g/mol. The van der Waals surface area contributed by atoms with E-state index < -0.39 is 5.60 Å². The summed E-state index contributed by atoms with van der Waals surface area (Å²) in [6.45, 7) is 3.70. The Kier molecular flexibility index (Phi) is 5.67. The number of nitrogens with one attached hydrogen (secondary N) is 1. The van der Waals surface area contributed by atoms with Crippen LogP contribution in [0.3, 0.4) is 0 Å². The van der Waals surface area contributed by atoms with Crippen LogP contribution in [-0.2, 0) is 27.2 Å². The number of hydrogen-bond donors (Lipinski definition) is 2. The predicted octanol–water partition coefficient (Wildman–Crippen LogP) is 2.82. The van der Waals surface area contributed by atoms with E-state index >= 15 is 0 Å². The second kappa shape index (κ2) is 8.07. The molecule has 1 aliphatic carbocycles. The standard InChI is InChI=1S/C23H32N2O4/c1-22(28)11-14-29-23(16-22)9-12-25(13-10-23)21(27)8-7-20(26)24-19-6-5-17-3-2-4-18(17)15-19/h5-6,15,28H,2-4,7-14,16H2,1H3,(H,24,26). The number of fused-ring (bicyclic) bond motifs is 1. The molecule has 4 rings (SSSR count). The molecule has 1 spiro atoms. The molecule has 0 radical (unpaired) electrons. The Labute approximate surface area is 172 Å². The molecule has 0 saturated carbocycles. The van der Waals surface area contributed by atoms with Crippen molar-refractivity contribution in [2.75, 3.05) is 25.0 Å². The molecule has 158 valence electrons. The van der Waals surface area contributed by atoms with Gasteiger partial charge < -0.3 is 20.1 Å². The summed E-state index contributed by atoms with van der Waals surface area (Å²) in [5.74, 6) is -0.0945. The smallest absolute Gasteiger partial charge is 0.224 e. The van der Waals surface area contributed by atoms with Crippen molar-refractivity contribution >= 4 is 17.5 Å². The number of benzene rings is 1. The fourth-order valence-corrected chi connectivity index (χ4v) is 5.06. The number of nitrogens with zero attached hydrogens (tertiary/aromatic N) is 1. The van der Waals surface area contributed by atoms with Crippen molar-refractivity contribution in [2.45, 2.75) is 75.9 Å². The quantitative estimate of drug-likeness (QED) is 0.815. The van der Waals surface area contributed by atoms with Crippen LogP contribution in [0.2, 0.25) is 0 Å². The monoisotopic (exact) mass is 400 g/mol. The fraction of sp³-hybridized carbons (Fsp3) is 0.652. The van der Waals surface area contributed by atoms with Gasteiger partial charge in [0.05, 0.1) is 17.8 Å². The lowest BCUT2D eigenvalue weighted by atomic mass is 9.78. The maximum Gasteiger partial charge on any atom is 0.224 e. The first-order valence-electron chi connectivity index (χ1n) is 10.9. The number of aryl methyl sites for hydroxylation is 2. The molecule has 3 aliphatic rings. The molecule has 0 bridgehead atoms.